The van der Waals surface area contributed by atoms with E-state index in [2.05, 4.69) is 18.8 Å². The number of carbonyl (C=O) groups excluding carboxylic acids is 2. The second-order valence-corrected chi connectivity index (χ2v) is 12.9. The molecule has 3 heterocycles. The Hall–Kier alpha value is -2.20. The maximum Gasteiger partial charge on any atom is 0.355 e. The van der Waals surface area contributed by atoms with Crippen LogP contribution in [0.1, 0.15) is 64.9 Å². The van der Waals surface area contributed by atoms with Gasteiger partial charge in [-0.15, -0.1) is 0 Å². The van der Waals surface area contributed by atoms with Gasteiger partial charge in [-0.3, -0.25) is 0 Å². The molecular weight excluding hydrogens is 502 g/mol. The Labute approximate surface area is 230 Å². The molecule has 2 aliphatic heterocycles. The topological polar surface area (TPSA) is 127 Å². The lowest BCUT2D eigenvalue weighted by atomic mass is 9.48. The molecule has 9 heteroatoms. The summed E-state index contributed by atoms with van der Waals surface area (Å²) in [6.45, 7) is 11.8. The maximum atomic E-state index is 13.3. The molecule has 1 saturated heterocycles. The largest absolute Gasteiger partial charge is 0.457 e. The van der Waals surface area contributed by atoms with Crippen molar-refractivity contribution in [3.8, 4) is 0 Å². The zero-order valence-corrected chi connectivity index (χ0v) is 23.9. The highest BCUT2D eigenvalue weighted by molar-refractivity contribution is 5.87. The van der Waals surface area contributed by atoms with Gasteiger partial charge in [-0.2, -0.15) is 0 Å². The second kappa shape index (κ2) is 10.0. The van der Waals surface area contributed by atoms with Crippen LogP contribution in [0.25, 0.3) is 0 Å². The third-order valence-electron chi connectivity index (χ3n) is 10.1. The number of aromatic nitrogens is 1. The number of rotatable bonds is 4. The van der Waals surface area contributed by atoms with Crippen LogP contribution in [-0.4, -0.2) is 76.5 Å². The number of methoxy groups -OCH3 is 1. The molecule has 1 spiro atoms. The van der Waals surface area contributed by atoms with E-state index in [4.69, 9.17) is 18.9 Å². The van der Waals surface area contributed by atoms with Gasteiger partial charge in [0.25, 0.3) is 0 Å². The van der Waals surface area contributed by atoms with Crippen LogP contribution in [0.3, 0.4) is 0 Å². The van der Waals surface area contributed by atoms with E-state index in [1.807, 2.05) is 26.8 Å². The minimum atomic E-state index is -0.912. The van der Waals surface area contributed by atoms with Gasteiger partial charge < -0.3 is 34.1 Å². The number of cyclic esters (lactones) is 1. The molecule has 216 valence electrons. The van der Waals surface area contributed by atoms with Gasteiger partial charge in [-0.25, -0.2) is 9.59 Å². The van der Waals surface area contributed by atoms with E-state index in [0.29, 0.717) is 12.1 Å². The lowest BCUT2D eigenvalue weighted by Gasteiger charge is -2.57. The monoisotopic (exact) mass is 545 g/mol. The highest BCUT2D eigenvalue weighted by Gasteiger charge is 2.73. The molecule has 39 heavy (non-hydrogen) atoms. The van der Waals surface area contributed by atoms with Crippen LogP contribution in [-0.2, 0) is 23.7 Å². The number of aliphatic hydroxyl groups excluding tert-OH is 2. The Morgan fingerprint density at radius 2 is 2.00 bits per heavy atom. The van der Waals surface area contributed by atoms with Crippen LogP contribution in [0.4, 0.5) is 0 Å². The van der Waals surface area contributed by atoms with Crippen molar-refractivity contribution in [2.75, 3.05) is 7.11 Å². The molecule has 0 radical (unpaired) electrons. The Morgan fingerprint density at radius 1 is 1.28 bits per heavy atom. The van der Waals surface area contributed by atoms with Gasteiger partial charge in [-0.1, -0.05) is 33.8 Å². The number of hydrogen-bond donors (Lipinski definition) is 3. The van der Waals surface area contributed by atoms with Crippen molar-refractivity contribution in [2.24, 2.45) is 35.0 Å². The van der Waals surface area contributed by atoms with E-state index in [1.54, 1.807) is 25.3 Å². The summed E-state index contributed by atoms with van der Waals surface area (Å²) in [4.78, 5) is 29.2. The van der Waals surface area contributed by atoms with E-state index in [0.717, 1.165) is 12.0 Å². The van der Waals surface area contributed by atoms with Gasteiger partial charge in [0, 0.05) is 37.0 Å². The summed E-state index contributed by atoms with van der Waals surface area (Å²) < 4.78 is 24.7. The summed E-state index contributed by atoms with van der Waals surface area (Å²) in [5, 5.41) is 22.4. The van der Waals surface area contributed by atoms with Crippen molar-refractivity contribution in [1.82, 2.24) is 4.98 Å². The zero-order chi connectivity index (χ0) is 28.4. The fourth-order valence-corrected chi connectivity index (χ4v) is 8.36. The minimum Gasteiger partial charge on any atom is -0.457 e. The summed E-state index contributed by atoms with van der Waals surface area (Å²) in [6, 6.07) is 3.41. The fourth-order valence-electron chi connectivity index (χ4n) is 8.36. The molecule has 5 rings (SSSR count). The van der Waals surface area contributed by atoms with Crippen molar-refractivity contribution < 1.29 is 38.7 Å². The maximum absolute atomic E-state index is 13.3. The highest BCUT2D eigenvalue weighted by atomic mass is 16.6. The number of esters is 2. The summed E-state index contributed by atoms with van der Waals surface area (Å²) in [5.41, 5.74) is 0.0870. The molecule has 1 aromatic heterocycles. The van der Waals surface area contributed by atoms with Gasteiger partial charge >= 0.3 is 11.9 Å². The number of hydrogen-bond acceptors (Lipinski definition) is 8. The van der Waals surface area contributed by atoms with Crippen LogP contribution < -0.4 is 0 Å². The quantitative estimate of drug-likeness (QED) is 0.389. The highest BCUT2D eigenvalue weighted by Crippen LogP contribution is 2.67. The minimum absolute atomic E-state index is 0.0500. The molecule has 2 saturated carbocycles. The van der Waals surface area contributed by atoms with Crippen LogP contribution in [0.2, 0.25) is 0 Å². The van der Waals surface area contributed by atoms with Crippen molar-refractivity contribution >= 4 is 11.9 Å². The average molecular weight is 546 g/mol. The first-order valence-corrected chi connectivity index (χ1v) is 14.1. The number of aromatic amines is 1. The van der Waals surface area contributed by atoms with Crippen LogP contribution in [0.15, 0.2) is 30.0 Å². The smallest absolute Gasteiger partial charge is 0.355 e. The Balaban J connectivity index is 1.63. The lowest BCUT2D eigenvalue weighted by molar-refractivity contribution is -0.178. The Bertz CT molecular complexity index is 1110. The third-order valence-corrected chi connectivity index (χ3v) is 10.1. The van der Waals surface area contributed by atoms with Crippen molar-refractivity contribution in [2.45, 2.75) is 96.6 Å². The van der Waals surface area contributed by atoms with E-state index >= 15 is 0 Å². The predicted molar refractivity (Wildman–Crippen MR) is 142 cm³/mol. The van der Waals surface area contributed by atoms with E-state index in [-0.39, 0.29) is 35.0 Å². The van der Waals surface area contributed by atoms with Gasteiger partial charge in [-0.05, 0) is 55.7 Å². The number of H-pyrrole nitrogens is 1. The van der Waals surface area contributed by atoms with E-state index in [1.165, 1.54) is 7.11 Å². The summed E-state index contributed by atoms with van der Waals surface area (Å²) in [7, 11) is 1.49. The Kier molecular flexibility index (Phi) is 7.27. The van der Waals surface area contributed by atoms with Gasteiger partial charge in [0.2, 0.25) is 0 Å². The van der Waals surface area contributed by atoms with E-state index in [9.17, 15) is 19.8 Å². The first-order valence-electron chi connectivity index (χ1n) is 14.1. The molecule has 3 N–H and O–H groups in total. The van der Waals surface area contributed by atoms with Crippen molar-refractivity contribution in [3.63, 3.8) is 0 Å². The lowest BCUT2D eigenvalue weighted by Crippen LogP contribution is -2.62. The molecule has 9 nitrogen and oxygen atoms in total. The molecule has 4 bridgehead atoms. The first kappa shape index (κ1) is 28.3. The van der Waals surface area contributed by atoms with E-state index < -0.39 is 54.2 Å². The normalized spacial score (nSPS) is 45.4. The molecule has 0 amide bonds. The molecular formula is C30H43NO8. The molecule has 0 unspecified atom stereocenters. The van der Waals surface area contributed by atoms with Crippen LogP contribution in [0, 0.1) is 35.0 Å². The third kappa shape index (κ3) is 4.36. The van der Waals surface area contributed by atoms with Crippen LogP contribution >= 0.6 is 0 Å². The molecule has 4 aliphatic rings. The molecule has 3 fully saturated rings. The summed E-state index contributed by atoms with van der Waals surface area (Å²) in [6.07, 6.45) is 0.407. The van der Waals surface area contributed by atoms with Gasteiger partial charge in [0.1, 0.15) is 17.9 Å². The number of nitrogens with one attached hydrogen (secondary N) is 1. The number of ether oxygens (including phenoxy) is 4. The zero-order valence-electron chi connectivity index (χ0n) is 23.9. The average Bonchev–Trinajstić information content (AvgIpc) is 3.47. The molecule has 1 aromatic rings. The van der Waals surface area contributed by atoms with Gasteiger partial charge in [0.05, 0.1) is 23.9 Å². The van der Waals surface area contributed by atoms with Gasteiger partial charge in [0.15, 0.2) is 6.10 Å². The summed E-state index contributed by atoms with van der Waals surface area (Å²) in [5.74, 6) is -2.16. The fraction of sp³-hybridized carbons (Fsp3) is 0.733. The molecule has 12 atom stereocenters. The SMILES string of the molecule is CO[C@H]1C[C@H]2C(C)(C)C[C@H]3[C@H]4O[C@]2(/C(C)=C/[C@@H](C)[C@@H]([C@@H](C)O)OC1=O)[C@@H]3[C@H](O)[C@@H](C)[C@H]4OC(=O)c1ccc[nH]1. The Morgan fingerprint density at radius 3 is 2.62 bits per heavy atom. The number of carbonyl (C=O) groups is 2. The number of aliphatic hydroxyl groups is 2. The summed E-state index contributed by atoms with van der Waals surface area (Å²) >= 11 is 0. The predicted octanol–water partition coefficient (Wildman–Crippen LogP) is 3.26. The standard InChI is InChI=1S/C30H43NO8/c1-14-11-15(2)30-21(12-20(36-7)28(35)37-24(14)17(4)32)29(5,6)13-18-22(30)23(33)16(3)25(26(18)39-30)38-27(34)19-9-8-10-31-19/h8-11,14,16-18,20-26,31-33H,12-13H2,1-7H3/b15-11+/t14-,16-,17-,18-,20+,21+,22+,23-,24+,25-,26-,30+/m1/s1. The van der Waals surface area contributed by atoms with Crippen LogP contribution in [0.5, 0.6) is 0 Å². The molecule has 0 aromatic carbocycles. The van der Waals surface area contributed by atoms with Crippen molar-refractivity contribution in [1.29, 1.82) is 0 Å². The van der Waals surface area contributed by atoms with Crippen molar-refractivity contribution in [3.05, 3.63) is 35.7 Å². The first-order chi connectivity index (χ1) is 18.3. The second-order valence-electron chi connectivity index (χ2n) is 12.9. The molecule has 2 aliphatic carbocycles.